The summed E-state index contributed by atoms with van der Waals surface area (Å²) in [6.07, 6.45) is 3.57. The van der Waals surface area contributed by atoms with Gasteiger partial charge in [-0.15, -0.1) is 11.3 Å². The molecule has 0 spiro atoms. The maximum absolute atomic E-state index is 13.4. The highest BCUT2D eigenvalue weighted by atomic mass is 32.2. The van der Waals surface area contributed by atoms with Gasteiger partial charge in [-0.25, -0.2) is 23.5 Å². The first-order chi connectivity index (χ1) is 17.3. The molecule has 2 fully saturated rings. The smallest absolute Gasteiger partial charge is 0.319 e. The van der Waals surface area contributed by atoms with E-state index in [1.165, 1.54) is 11.3 Å². The van der Waals surface area contributed by atoms with Gasteiger partial charge in [0.1, 0.15) is 4.75 Å². The first-order valence-electron chi connectivity index (χ1n) is 12.4. The lowest BCUT2D eigenvalue weighted by atomic mass is 9.94. The van der Waals surface area contributed by atoms with Gasteiger partial charge < -0.3 is 15.4 Å². The van der Waals surface area contributed by atoms with Crippen molar-refractivity contribution >= 4 is 38.8 Å². The number of rotatable bonds is 8. The van der Waals surface area contributed by atoms with Crippen molar-refractivity contribution in [2.24, 2.45) is 0 Å². The SMILES string of the molecule is CCNC(=O)Nc1cccc(-c2ccc([C@@]3(CC(=O)NOC4CCCCO4)CCCCS3(=O)=O)s2)c1. The number of amides is 3. The zero-order valence-electron chi connectivity index (χ0n) is 20.4. The molecule has 196 valence electrons. The van der Waals surface area contributed by atoms with Crippen LogP contribution < -0.4 is 16.1 Å². The van der Waals surface area contributed by atoms with Gasteiger partial charge in [0.25, 0.3) is 0 Å². The first-order valence-corrected chi connectivity index (χ1v) is 14.8. The topological polar surface area (TPSA) is 123 Å². The van der Waals surface area contributed by atoms with E-state index in [9.17, 15) is 18.0 Å². The van der Waals surface area contributed by atoms with Gasteiger partial charge >= 0.3 is 6.03 Å². The summed E-state index contributed by atoms with van der Waals surface area (Å²) in [7, 11) is -3.58. The van der Waals surface area contributed by atoms with E-state index in [1.54, 1.807) is 6.07 Å². The van der Waals surface area contributed by atoms with Crippen molar-refractivity contribution in [1.29, 1.82) is 0 Å². The molecule has 2 atom stereocenters. The Kier molecular flexibility index (Phi) is 8.66. The van der Waals surface area contributed by atoms with E-state index >= 15 is 0 Å². The summed E-state index contributed by atoms with van der Waals surface area (Å²) in [6.45, 7) is 2.94. The van der Waals surface area contributed by atoms with Gasteiger partial charge in [-0.05, 0) is 62.4 Å². The van der Waals surface area contributed by atoms with Crippen LogP contribution in [0.5, 0.6) is 0 Å². The predicted octanol–water partition coefficient (Wildman–Crippen LogP) is 4.32. The molecule has 2 aromatic rings. The Hall–Kier alpha value is -2.47. The van der Waals surface area contributed by atoms with Crippen molar-refractivity contribution in [3.05, 3.63) is 41.3 Å². The predicted molar refractivity (Wildman–Crippen MR) is 139 cm³/mol. The van der Waals surface area contributed by atoms with Crippen LogP contribution in [0.3, 0.4) is 0 Å². The quantitative estimate of drug-likeness (QED) is 0.433. The van der Waals surface area contributed by atoms with Gasteiger partial charge in [0, 0.05) is 35.0 Å². The molecular formula is C25H33N3O6S2. The molecule has 0 radical (unpaired) electrons. The second-order valence-electron chi connectivity index (χ2n) is 9.12. The molecule has 3 heterocycles. The number of hydrogen-bond donors (Lipinski definition) is 3. The summed E-state index contributed by atoms with van der Waals surface area (Å²) in [5, 5.41) is 5.49. The Morgan fingerprint density at radius 1 is 1.17 bits per heavy atom. The maximum atomic E-state index is 13.4. The van der Waals surface area contributed by atoms with Gasteiger partial charge in [-0.2, -0.15) is 0 Å². The fourth-order valence-corrected chi connectivity index (χ4v) is 8.45. The Bertz CT molecular complexity index is 1180. The van der Waals surface area contributed by atoms with Gasteiger partial charge in [0.05, 0.1) is 12.2 Å². The van der Waals surface area contributed by atoms with Gasteiger partial charge in [0.2, 0.25) is 5.91 Å². The zero-order valence-corrected chi connectivity index (χ0v) is 22.0. The minimum absolute atomic E-state index is 0.0477. The highest BCUT2D eigenvalue weighted by molar-refractivity contribution is 7.92. The molecule has 2 saturated heterocycles. The Morgan fingerprint density at radius 2 is 2.03 bits per heavy atom. The van der Waals surface area contributed by atoms with Crippen LogP contribution in [-0.4, -0.2) is 45.6 Å². The van der Waals surface area contributed by atoms with E-state index in [0.717, 1.165) is 29.7 Å². The van der Waals surface area contributed by atoms with Crippen LogP contribution in [0, 0.1) is 0 Å². The molecule has 11 heteroatoms. The molecule has 1 aromatic heterocycles. The van der Waals surface area contributed by atoms with E-state index < -0.39 is 26.8 Å². The molecule has 1 aromatic carbocycles. The van der Waals surface area contributed by atoms with E-state index in [4.69, 9.17) is 9.57 Å². The van der Waals surface area contributed by atoms with Crippen LogP contribution in [0.25, 0.3) is 10.4 Å². The van der Waals surface area contributed by atoms with Crippen molar-refractivity contribution in [1.82, 2.24) is 10.8 Å². The summed E-state index contributed by atoms with van der Waals surface area (Å²) >= 11 is 1.37. The summed E-state index contributed by atoms with van der Waals surface area (Å²) in [5.41, 5.74) is 3.92. The zero-order chi connectivity index (χ0) is 25.6. The summed E-state index contributed by atoms with van der Waals surface area (Å²) in [6, 6.07) is 10.8. The van der Waals surface area contributed by atoms with E-state index in [0.29, 0.717) is 43.0 Å². The van der Waals surface area contributed by atoms with Crippen LogP contribution in [0.15, 0.2) is 36.4 Å². The third kappa shape index (κ3) is 6.08. The number of hydroxylamine groups is 1. The van der Waals surface area contributed by atoms with Crippen LogP contribution in [0.4, 0.5) is 10.5 Å². The van der Waals surface area contributed by atoms with Crippen molar-refractivity contribution < 1.29 is 27.6 Å². The third-order valence-corrected chi connectivity index (χ3v) is 10.6. The number of urea groups is 1. The van der Waals surface area contributed by atoms with E-state index in [-0.39, 0.29) is 18.2 Å². The standard InChI is InChI=1S/C25H33N3O6S2/c1-2-26-24(30)27-19-9-7-8-18(16-19)20-11-12-21(35-20)25(13-4-6-15-36(25,31)32)17-22(29)28-34-23-10-3-5-14-33-23/h7-9,11-12,16,23H,2-6,10,13-15,17H2,1H3,(H,28,29)(H2,26,27,30)/t23?,25-/m0/s1. The van der Waals surface area contributed by atoms with Crippen molar-refractivity contribution in [2.75, 3.05) is 24.2 Å². The second kappa shape index (κ2) is 11.7. The molecule has 0 bridgehead atoms. The minimum Gasteiger partial charge on any atom is -0.350 e. The third-order valence-electron chi connectivity index (χ3n) is 6.52. The molecule has 36 heavy (non-hydrogen) atoms. The first kappa shape index (κ1) is 26.6. The monoisotopic (exact) mass is 535 g/mol. The van der Waals surface area contributed by atoms with Gasteiger partial charge in [0.15, 0.2) is 16.1 Å². The Labute approximate surface area is 215 Å². The number of ether oxygens (including phenoxy) is 1. The Morgan fingerprint density at radius 3 is 2.78 bits per heavy atom. The lowest BCUT2D eigenvalue weighted by Gasteiger charge is -2.35. The molecule has 2 aliphatic heterocycles. The highest BCUT2D eigenvalue weighted by Crippen LogP contribution is 2.47. The molecular weight excluding hydrogens is 502 g/mol. The average molecular weight is 536 g/mol. The normalized spacial score (nSPS) is 23.5. The lowest BCUT2D eigenvalue weighted by molar-refractivity contribution is -0.200. The fourth-order valence-electron chi connectivity index (χ4n) is 4.67. The average Bonchev–Trinajstić information content (AvgIpc) is 3.36. The highest BCUT2D eigenvalue weighted by Gasteiger charge is 2.49. The number of nitrogens with one attached hydrogen (secondary N) is 3. The number of carbonyl (C=O) groups is 2. The number of hydrogen-bond acceptors (Lipinski definition) is 7. The number of carbonyl (C=O) groups excluding carboxylic acids is 2. The van der Waals surface area contributed by atoms with Crippen LogP contribution in [0.2, 0.25) is 0 Å². The molecule has 3 amide bonds. The maximum Gasteiger partial charge on any atom is 0.319 e. The van der Waals surface area contributed by atoms with Crippen LogP contribution in [-0.2, 0) is 29.0 Å². The summed E-state index contributed by atoms with van der Waals surface area (Å²) in [5.74, 6) is -0.427. The summed E-state index contributed by atoms with van der Waals surface area (Å²) < 4.78 is 31.1. The molecule has 1 unspecified atom stereocenters. The summed E-state index contributed by atoms with van der Waals surface area (Å²) in [4.78, 5) is 31.7. The lowest BCUT2D eigenvalue weighted by Crippen LogP contribution is -2.45. The van der Waals surface area contributed by atoms with Gasteiger partial charge in [-0.3, -0.25) is 4.79 Å². The fraction of sp³-hybridized carbons (Fsp3) is 0.520. The molecule has 9 nitrogen and oxygen atoms in total. The number of anilines is 1. The Balaban J connectivity index is 1.55. The molecule has 0 saturated carbocycles. The largest absolute Gasteiger partial charge is 0.350 e. The molecule has 2 aliphatic rings. The molecule has 3 N–H and O–H groups in total. The second-order valence-corrected chi connectivity index (χ2v) is 12.6. The minimum atomic E-state index is -3.58. The van der Waals surface area contributed by atoms with Crippen molar-refractivity contribution in [3.63, 3.8) is 0 Å². The number of thiophene rings is 1. The van der Waals surface area contributed by atoms with Crippen LogP contribution in [0.1, 0.15) is 56.7 Å². The number of benzene rings is 1. The number of sulfone groups is 1. The van der Waals surface area contributed by atoms with E-state index in [1.807, 2.05) is 37.3 Å². The van der Waals surface area contributed by atoms with Crippen LogP contribution >= 0.6 is 11.3 Å². The molecule has 4 rings (SSSR count). The van der Waals surface area contributed by atoms with Crippen molar-refractivity contribution in [3.8, 4) is 10.4 Å². The van der Waals surface area contributed by atoms with E-state index in [2.05, 4.69) is 16.1 Å². The molecule has 0 aliphatic carbocycles. The van der Waals surface area contributed by atoms with Crippen molar-refractivity contribution in [2.45, 2.75) is 62.9 Å². The van der Waals surface area contributed by atoms with Gasteiger partial charge in [-0.1, -0.05) is 18.6 Å².